The van der Waals surface area contributed by atoms with Crippen molar-refractivity contribution in [3.05, 3.63) is 22.6 Å². The Kier molecular flexibility index (Phi) is 3.78. The van der Waals surface area contributed by atoms with Gasteiger partial charge in [-0.1, -0.05) is 15.9 Å². The highest BCUT2D eigenvalue weighted by molar-refractivity contribution is 9.10. The molecule has 1 aromatic rings. The van der Waals surface area contributed by atoms with Crippen LogP contribution in [0.25, 0.3) is 0 Å². The van der Waals surface area contributed by atoms with E-state index in [1.807, 2.05) is 13.8 Å². The predicted octanol–water partition coefficient (Wildman–Crippen LogP) is 2.95. The first-order valence-electron chi connectivity index (χ1n) is 4.07. The summed E-state index contributed by atoms with van der Waals surface area (Å²) in [6, 6.07) is 1.64. The zero-order valence-corrected chi connectivity index (χ0v) is 11.1. The fourth-order valence-corrected chi connectivity index (χ4v) is 1.32. The summed E-state index contributed by atoms with van der Waals surface area (Å²) in [5, 5.41) is 3.57. The largest absolute Gasteiger partial charge is 0.457 e. The molecule has 14 heavy (non-hydrogen) atoms. The molecule has 0 aromatic carbocycles. The van der Waals surface area contributed by atoms with Crippen LogP contribution in [0.3, 0.4) is 0 Å². The first-order valence-corrected chi connectivity index (χ1v) is 5.98. The summed E-state index contributed by atoms with van der Waals surface area (Å²) in [5.41, 5.74) is 0.256. The SMILES string of the molecule is CC(C)(CBr)NC(=O)c1coc(Br)c1. The normalized spacial score (nSPS) is 11.4. The van der Waals surface area contributed by atoms with Crippen LogP contribution in [0.1, 0.15) is 24.2 Å². The van der Waals surface area contributed by atoms with Crippen LogP contribution in [0.15, 0.2) is 21.4 Å². The lowest BCUT2D eigenvalue weighted by Crippen LogP contribution is -2.44. The van der Waals surface area contributed by atoms with Gasteiger partial charge < -0.3 is 9.73 Å². The number of carbonyl (C=O) groups is 1. The van der Waals surface area contributed by atoms with Gasteiger partial charge in [0.25, 0.3) is 5.91 Å². The summed E-state index contributed by atoms with van der Waals surface area (Å²) in [7, 11) is 0. The molecule has 1 aromatic heterocycles. The summed E-state index contributed by atoms with van der Waals surface area (Å²) >= 11 is 6.47. The Hall–Kier alpha value is -0.290. The topological polar surface area (TPSA) is 42.2 Å². The highest BCUT2D eigenvalue weighted by Gasteiger charge is 2.20. The van der Waals surface area contributed by atoms with E-state index in [9.17, 15) is 4.79 Å². The lowest BCUT2D eigenvalue weighted by atomic mass is 10.1. The van der Waals surface area contributed by atoms with Gasteiger partial charge in [0.2, 0.25) is 0 Å². The van der Waals surface area contributed by atoms with Crippen molar-refractivity contribution in [2.24, 2.45) is 0 Å². The third-order valence-electron chi connectivity index (χ3n) is 1.62. The lowest BCUT2D eigenvalue weighted by Gasteiger charge is -2.22. The van der Waals surface area contributed by atoms with E-state index >= 15 is 0 Å². The molecule has 0 saturated heterocycles. The van der Waals surface area contributed by atoms with E-state index in [2.05, 4.69) is 37.2 Å². The van der Waals surface area contributed by atoms with Crippen molar-refractivity contribution in [3.8, 4) is 0 Å². The average Bonchev–Trinajstić information content (AvgIpc) is 2.51. The molecule has 0 radical (unpaired) electrons. The van der Waals surface area contributed by atoms with Crippen molar-refractivity contribution in [2.75, 3.05) is 5.33 Å². The number of amides is 1. The molecule has 0 aliphatic carbocycles. The number of halogens is 2. The number of carbonyl (C=O) groups excluding carboxylic acids is 1. The standard InChI is InChI=1S/C9H11Br2NO2/c1-9(2,5-10)12-8(13)6-3-7(11)14-4-6/h3-4H,5H2,1-2H3,(H,12,13). The Balaban J connectivity index is 2.68. The fourth-order valence-electron chi connectivity index (χ4n) is 0.842. The quantitative estimate of drug-likeness (QED) is 0.869. The summed E-state index contributed by atoms with van der Waals surface area (Å²) in [6.07, 6.45) is 1.42. The highest BCUT2D eigenvalue weighted by Crippen LogP contribution is 2.15. The zero-order valence-electron chi connectivity index (χ0n) is 7.93. The van der Waals surface area contributed by atoms with E-state index in [1.54, 1.807) is 6.07 Å². The van der Waals surface area contributed by atoms with Crippen molar-refractivity contribution in [1.82, 2.24) is 5.32 Å². The number of hydrogen-bond acceptors (Lipinski definition) is 2. The van der Waals surface area contributed by atoms with Gasteiger partial charge in [0.1, 0.15) is 6.26 Å². The minimum Gasteiger partial charge on any atom is -0.457 e. The highest BCUT2D eigenvalue weighted by atomic mass is 79.9. The van der Waals surface area contributed by atoms with Gasteiger partial charge in [-0.2, -0.15) is 0 Å². The molecule has 0 spiro atoms. The molecular weight excluding hydrogens is 314 g/mol. The Morgan fingerprint density at radius 3 is 2.71 bits per heavy atom. The number of hydrogen-bond donors (Lipinski definition) is 1. The summed E-state index contributed by atoms with van der Waals surface area (Å²) in [6.45, 7) is 3.88. The molecule has 0 unspecified atom stereocenters. The van der Waals surface area contributed by atoms with Gasteiger partial charge in [0.05, 0.1) is 5.56 Å². The first-order chi connectivity index (χ1) is 6.44. The molecule has 0 saturated carbocycles. The maximum absolute atomic E-state index is 11.6. The lowest BCUT2D eigenvalue weighted by molar-refractivity contribution is 0.0920. The molecule has 0 aliphatic rings. The van der Waals surface area contributed by atoms with Gasteiger partial charge in [-0.05, 0) is 29.8 Å². The van der Waals surface area contributed by atoms with E-state index in [4.69, 9.17) is 4.42 Å². The second-order valence-corrected chi connectivity index (χ2v) is 4.95. The number of nitrogens with one attached hydrogen (secondary N) is 1. The molecule has 0 bridgehead atoms. The van der Waals surface area contributed by atoms with E-state index in [-0.39, 0.29) is 11.4 Å². The summed E-state index contributed by atoms with van der Waals surface area (Å²) in [4.78, 5) is 11.6. The molecule has 0 fully saturated rings. The van der Waals surface area contributed by atoms with Crippen LogP contribution >= 0.6 is 31.9 Å². The zero-order chi connectivity index (χ0) is 10.8. The number of alkyl halides is 1. The molecule has 1 rings (SSSR count). The Morgan fingerprint density at radius 1 is 1.64 bits per heavy atom. The monoisotopic (exact) mass is 323 g/mol. The average molecular weight is 325 g/mol. The van der Waals surface area contributed by atoms with E-state index in [0.717, 1.165) is 0 Å². The van der Waals surface area contributed by atoms with Crippen molar-refractivity contribution in [1.29, 1.82) is 0 Å². The van der Waals surface area contributed by atoms with Crippen LogP contribution in [0.5, 0.6) is 0 Å². The van der Waals surface area contributed by atoms with Gasteiger partial charge in [0.15, 0.2) is 4.67 Å². The smallest absolute Gasteiger partial charge is 0.255 e. The van der Waals surface area contributed by atoms with Crippen LogP contribution in [0.2, 0.25) is 0 Å². The van der Waals surface area contributed by atoms with Gasteiger partial charge >= 0.3 is 0 Å². The number of furan rings is 1. The van der Waals surface area contributed by atoms with Crippen LogP contribution in [-0.2, 0) is 0 Å². The minimum atomic E-state index is -0.263. The van der Waals surface area contributed by atoms with Gasteiger partial charge in [-0.3, -0.25) is 4.79 Å². The van der Waals surface area contributed by atoms with Crippen molar-refractivity contribution < 1.29 is 9.21 Å². The second-order valence-electron chi connectivity index (χ2n) is 3.61. The van der Waals surface area contributed by atoms with Gasteiger partial charge in [-0.25, -0.2) is 0 Å². The molecule has 3 nitrogen and oxygen atoms in total. The van der Waals surface area contributed by atoms with Crippen molar-refractivity contribution in [3.63, 3.8) is 0 Å². The second kappa shape index (κ2) is 4.49. The molecule has 0 atom stereocenters. The Labute approximate surface area is 99.5 Å². The molecule has 78 valence electrons. The molecule has 1 heterocycles. The summed E-state index contributed by atoms with van der Waals surface area (Å²) in [5.74, 6) is -0.135. The van der Waals surface area contributed by atoms with Crippen LogP contribution < -0.4 is 5.32 Å². The number of rotatable bonds is 3. The molecule has 1 amide bonds. The molecule has 1 N–H and O–H groups in total. The van der Waals surface area contributed by atoms with Crippen molar-refractivity contribution in [2.45, 2.75) is 19.4 Å². The van der Waals surface area contributed by atoms with Crippen LogP contribution in [0.4, 0.5) is 0 Å². The van der Waals surface area contributed by atoms with Crippen molar-refractivity contribution >= 4 is 37.8 Å². The fraction of sp³-hybridized carbons (Fsp3) is 0.444. The third-order valence-corrected chi connectivity index (χ3v) is 3.43. The Bertz CT molecular complexity index is 333. The van der Waals surface area contributed by atoms with Crippen LogP contribution in [0, 0.1) is 0 Å². The Morgan fingerprint density at radius 2 is 2.29 bits per heavy atom. The molecule has 0 aliphatic heterocycles. The van der Waals surface area contributed by atoms with Crippen LogP contribution in [-0.4, -0.2) is 16.8 Å². The molecule has 5 heteroatoms. The molecular formula is C9H11Br2NO2. The van der Waals surface area contributed by atoms with E-state index in [1.165, 1.54) is 6.26 Å². The summed E-state index contributed by atoms with van der Waals surface area (Å²) < 4.78 is 5.53. The maximum atomic E-state index is 11.6. The van der Waals surface area contributed by atoms with E-state index in [0.29, 0.717) is 15.6 Å². The maximum Gasteiger partial charge on any atom is 0.255 e. The van der Waals surface area contributed by atoms with Gasteiger partial charge in [-0.15, -0.1) is 0 Å². The first kappa shape index (κ1) is 11.8. The van der Waals surface area contributed by atoms with E-state index < -0.39 is 0 Å². The third kappa shape index (κ3) is 3.13. The minimum absolute atomic E-state index is 0.135. The van der Waals surface area contributed by atoms with Gasteiger partial charge in [0, 0.05) is 16.9 Å². The predicted molar refractivity (Wildman–Crippen MR) is 61.7 cm³/mol.